The number of benzene rings is 1. The predicted octanol–water partition coefficient (Wildman–Crippen LogP) is 1.73. The highest BCUT2D eigenvalue weighted by Gasteiger charge is 2.58. The third kappa shape index (κ3) is 2.58. The van der Waals surface area contributed by atoms with Crippen LogP contribution in [0.15, 0.2) is 36.4 Å². The van der Waals surface area contributed by atoms with E-state index >= 15 is 0 Å². The van der Waals surface area contributed by atoms with E-state index in [2.05, 4.69) is 5.32 Å². The maximum absolute atomic E-state index is 12.5. The van der Waals surface area contributed by atoms with Crippen LogP contribution in [0.25, 0.3) is 0 Å². The van der Waals surface area contributed by atoms with Gasteiger partial charge in [-0.15, -0.1) is 0 Å². The molecule has 3 amide bonds. The fourth-order valence-electron chi connectivity index (χ4n) is 4.32. The monoisotopic (exact) mass is 355 g/mol. The summed E-state index contributed by atoms with van der Waals surface area (Å²) < 4.78 is 0. The van der Waals surface area contributed by atoms with Crippen molar-refractivity contribution in [3.8, 4) is 0 Å². The van der Waals surface area contributed by atoms with Crippen LogP contribution in [0.3, 0.4) is 0 Å². The quantitative estimate of drug-likeness (QED) is 0.374. The Kier molecular flexibility index (Phi) is 3.82. The molecule has 1 saturated heterocycles. The van der Waals surface area contributed by atoms with Crippen molar-refractivity contribution in [1.29, 1.82) is 0 Å². The van der Waals surface area contributed by atoms with Crippen LogP contribution in [0.1, 0.15) is 12.8 Å². The van der Waals surface area contributed by atoms with Gasteiger partial charge in [-0.05, 0) is 24.3 Å². The summed E-state index contributed by atoms with van der Waals surface area (Å²) in [6.07, 6.45) is 4.88. The molecule has 0 aromatic heterocycles. The number of rotatable bonds is 5. The molecule has 1 heterocycles. The van der Waals surface area contributed by atoms with Crippen molar-refractivity contribution in [2.75, 3.05) is 11.9 Å². The van der Waals surface area contributed by atoms with Gasteiger partial charge in [0.25, 0.3) is 5.69 Å². The molecule has 1 aromatic carbocycles. The summed E-state index contributed by atoms with van der Waals surface area (Å²) >= 11 is 0. The molecule has 2 fully saturated rings. The Morgan fingerprint density at radius 2 is 1.85 bits per heavy atom. The van der Waals surface area contributed by atoms with Crippen molar-refractivity contribution in [3.63, 3.8) is 0 Å². The van der Waals surface area contributed by atoms with Gasteiger partial charge in [0.1, 0.15) is 0 Å². The lowest BCUT2D eigenvalue weighted by molar-refractivity contribution is -0.384. The first-order chi connectivity index (χ1) is 12.5. The molecule has 0 unspecified atom stereocenters. The van der Waals surface area contributed by atoms with E-state index in [1.807, 2.05) is 12.2 Å². The molecule has 4 atom stereocenters. The molecule has 1 saturated carbocycles. The van der Waals surface area contributed by atoms with E-state index in [0.29, 0.717) is 5.69 Å². The molecule has 1 aliphatic heterocycles. The Labute approximate surface area is 149 Å². The van der Waals surface area contributed by atoms with E-state index in [0.717, 1.165) is 6.42 Å². The van der Waals surface area contributed by atoms with E-state index in [1.165, 1.54) is 23.1 Å². The Hall–Kier alpha value is -3.03. The molecule has 3 aliphatic rings. The topological polar surface area (TPSA) is 110 Å². The minimum atomic E-state index is -0.543. The predicted molar refractivity (Wildman–Crippen MR) is 90.8 cm³/mol. The highest BCUT2D eigenvalue weighted by molar-refractivity contribution is 6.06. The van der Waals surface area contributed by atoms with Crippen LogP contribution < -0.4 is 5.32 Å². The van der Waals surface area contributed by atoms with Gasteiger partial charge in [0.15, 0.2) is 0 Å². The molecular weight excluding hydrogens is 338 g/mol. The van der Waals surface area contributed by atoms with E-state index < -0.39 is 10.8 Å². The molecular formula is C18H17N3O5. The zero-order valence-electron chi connectivity index (χ0n) is 13.8. The largest absolute Gasteiger partial charge is 0.326 e. The van der Waals surface area contributed by atoms with Crippen molar-refractivity contribution in [1.82, 2.24) is 4.90 Å². The highest BCUT2D eigenvalue weighted by Crippen LogP contribution is 2.52. The number of amides is 3. The summed E-state index contributed by atoms with van der Waals surface area (Å²) in [5, 5.41) is 13.3. The summed E-state index contributed by atoms with van der Waals surface area (Å²) in [4.78, 5) is 48.6. The second-order valence-electron chi connectivity index (χ2n) is 6.93. The minimum absolute atomic E-state index is 0.0326. The molecule has 2 bridgehead atoms. The summed E-state index contributed by atoms with van der Waals surface area (Å²) in [5.74, 6) is -1.01. The van der Waals surface area contributed by atoms with Crippen molar-refractivity contribution in [2.24, 2.45) is 23.7 Å². The number of allylic oxidation sites excluding steroid dienone is 2. The summed E-state index contributed by atoms with van der Waals surface area (Å²) in [5.41, 5.74) is 0.186. The number of likely N-dealkylation sites (tertiary alicyclic amines) is 1. The van der Waals surface area contributed by atoms with Crippen LogP contribution >= 0.6 is 0 Å². The lowest BCUT2D eigenvalue weighted by Gasteiger charge is -2.16. The Morgan fingerprint density at radius 1 is 1.19 bits per heavy atom. The molecule has 8 heteroatoms. The number of nitrogens with one attached hydrogen (secondary N) is 1. The average molecular weight is 355 g/mol. The first kappa shape index (κ1) is 16.4. The minimum Gasteiger partial charge on any atom is -0.326 e. The first-order valence-corrected chi connectivity index (χ1v) is 8.53. The van der Waals surface area contributed by atoms with Gasteiger partial charge in [-0.25, -0.2) is 0 Å². The average Bonchev–Trinajstić information content (AvgIpc) is 3.28. The number of non-ortho nitro benzene ring substituents is 1. The van der Waals surface area contributed by atoms with Crippen LogP contribution in [-0.2, 0) is 14.4 Å². The molecule has 134 valence electrons. The van der Waals surface area contributed by atoms with Crippen molar-refractivity contribution in [3.05, 3.63) is 46.5 Å². The second-order valence-corrected chi connectivity index (χ2v) is 6.93. The summed E-state index contributed by atoms with van der Waals surface area (Å²) in [6, 6.07) is 5.62. The Morgan fingerprint density at radius 3 is 2.46 bits per heavy atom. The number of hydrogen-bond donors (Lipinski definition) is 1. The number of carbonyl (C=O) groups is 3. The lowest BCUT2D eigenvalue weighted by atomic mass is 9.85. The normalized spacial score (nSPS) is 28.5. The van der Waals surface area contributed by atoms with Gasteiger partial charge in [-0.3, -0.25) is 29.4 Å². The van der Waals surface area contributed by atoms with Gasteiger partial charge in [-0.2, -0.15) is 0 Å². The third-order valence-electron chi connectivity index (χ3n) is 5.46. The molecule has 26 heavy (non-hydrogen) atoms. The number of imide groups is 1. The first-order valence-electron chi connectivity index (χ1n) is 8.53. The molecule has 8 nitrogen and oxygen atoms in total. The zero-order valence-corrected chi connectivity index (χ0v) is 13.8. The summed E-state index contributed by atoms with van der Waals surface area (Å²) in [7, 11) is 0. The SMILES string of the molecule is O=C(CCN1C(=O)[C@@H]2[C@H](C1=O)[C@H]1C=C[C@@H]2C1)Nc1cccc([N+](=O)[O-])c1. The molecule has 2 aliphatic carbocycles. The van der Waals surface area contributed by atoms with E-state index in [4.69, 9.17) is 0 Å². The van der Waals surface area contributed by atoms with Crippen molar-refractivity contribution in [2.45, 2.75) is 12.8 Å². The second kappa shape index (κ2) is 6.05. The van der Waals surface area contributed by atoms with Crippen molar-refractivity contribution >= 4 is 29.1 Å². The maximum atomic E-state index is 12.5. The van der Waals surface area contributed by atoms with Gasteiger partial charge in [0.2, 0.25) is 17.7 Å². The lowest BCUT2D eigenvalue weighted by Crippen LogP contribution is -2.35. The van der Waals surface area contributed by atoms with Crippen molar-refractivity contribution < 1.29 is 19.3 Å². The van der Waals surface area contributed by atoms with E-state index in [-0.39, 0.29) is 54.1 Å². The Balaban J connectivity index is 1.37. The molecule has 4 rings (SSSR count). The Bertz CT molecular complexity index is 819. The number of nitrogens with zero attached hydrogens (tertiary/aromatic N) is 2. The number of fused-ring (bicyclic) bond motifs is 5. The van der Waals surface area contributed by atoms with E-state index in [9.17, 15) is 24.5 Å². The van der Waals surface area contributed by atoms with Crippen LogP contribution in [0.4, 0.5) is 11.4 Å². The van der Waals surface area contributed by atoms with Gasteiger partial charge in [0, 0.05) is 30.8 Å². The molecule has 0 radical (unpaired) electrons. The van der Waals surface area contributed by atoms with Crippen LogP contribution in [0.5, 0.6) is 0 Å². The zero-order chi connectivity index (χ0) is 18.4. The highest BCUT2D eigenvalue weighted by atomic mass is 16.6. The standard InChI is InChI=1S/C18H17N3O5/c22-14(19-12-2-1-3-13(9-12)21(25)26)6-7-20-17(23)15-10-4-5-11(8-10)16(15)18(20)24/h1-5,9-11,15-16H,6-8H2,(H,19,22)/t10-,11+,15+,16-. The molecule has 1 N–H and O–H groups in total. The van der Waals surface area contributed by atoms with Gasteiger partial charge < -0.3 is 5.32 Å². The molecule has 0 spiro atoms. The number of hydrogen-bond acceptors (Lipinski definition) is 5. The number of anilines is 1. The maximum Gasteiger partial charge on any atom is 0.271 e. The van der Waals surface area contributed by atoms with Crippen LogP contribution in [0.2, 0.25) is 0 Å². The fraction of sp³-hybridized carbons (Fsp3) is 0.389. The summed E-state index contributed by atoms with van der Waals surface area (Å²) in [6.45, 7) is 0.0326. The fourth-order valence-corrected chi connectivity index (χ4v) is 4.32. The number of nitro benzene ring substituents is 1. The van der Waals surface area contributed by atoms with E-state index in [1.54, 1.807) is 6.07 Å². The number of nitro groups is 1. The van der Waals surface area contributed by atoms with Gasteiger partial charge in [0.05, 0.1) is 16.8 Å². The van der Waals surface area contributed by atoms with Crippen LogP contribution in [0, 0.1) is 33.8 Å². The molecule has 1 aromatic rings. The smallest absolute Gasteiger partial charge is 0.271 e. The van der Waals surface area contributed by atoms with Crippen LogP contribution in [-0.4, -0.2) is 34.1 Å². The third-order valence-corrected chi connectivity index (χ3v) is 5.46. The number of carbonyl (C=O) groups excluding carboxylic acids is 3. The van der Waals surface area contributed by atoms with Gasteiger partial charge in [-0.1, -0.05) is 18.2 Å². The van der Waals surface area contributed by atoms with Gasteiger partial charge >= 0.3 is 0 Å².